The third-order valence-corrected chi connectivity index (χ3v) is 6.03. The molecule has 9 heteroatoms. The van der Waals surface area contributed by atoms with Gasteiger partial charge in [0, 0.05) is 25.0 Å². The summed E-state index contributed by atoms with van der Waals surface area (Å²) in [5.74, 6) is -0.167. The molecule has 0 aliphatic carbocycles. The lowest BCUT2D eigenvalue weighted by molar-refractivity contribution is -0.122. The van der Waals surface area contributed by atoms with Crippen LogP contribution >= 0.6 is 0 Å². The van der Waals surface area contributed by atoms with E-state index in [1.54, 1.807) is 17.0 Å². The van der Waals surface area contributed by atoms with Crippen molar-refractivity contribution < 1.29 is 13.6 Å². The molecule has 0 spiro atoms. The quantitative estimate of drug-likeness (QED) is 0.713. The number of fused-ring (bicyclic) bond motifs is 3. The highest BCUT2D eigenvalue weighted by Gasteiger charge is 2.48. The van der Waals surface area contributed by atoms with Crippen LogP contribution in [0.3, 0.4) is 0 Å². The molecule has 1 amide bonds. The Bertz CT molecular complexity index is 1150. The summed E-state index contributed by atoms with van der Waals surface area (Å²) in [5.41, 5.74) is 0.0961. The molecule has 1 atom stereocenters. The lowest BCUT2D eigenvalue weighted by atomic mass is 9.82. The largest absolute Gasteiger partial charge is 0.340 e. The molecule has 7 nitrogen and oxygen atoms in total. The zero-order valence-corrected chi connectivity index (χ0v) is 16.4. The molecule has 30 heavy (non-hydrogen) atoms. The molecule has 4 heterocycles. The maximum atomic E-state index is 14.4. The monoisotopic (exact) mass is 410 g/mol. The third kappa shape index (κ3) is 2.68. The van der Waals surface area contributed by atoms with E-state index in [0.717, 1.165) is 31.9 Å². The fraction of sp³-hybridized carbons (Fsp3) is 0.333. The number of carbonyl (C=O) groups is 1. The molecule has 0 radical (unpaired) electrons. The number of piperidine rings is 1. The second kappa shape index (κ2) is 6.86. The van der Waals surface area contributed by atoms with Crippen molar-refractivity contribution in [3.63, 3.8) is 0 Å². The summed E-state index contributed by atoms with van der Waals surface area (Å²) in [5, 5.41) is 2.95. The number of hydrogen-bond acceptors (Lipinski definition) is 5. The maximum Gasteiger partial charge on any atom is 0.250 e. The van der Waals surface area contributed by atoms with Gasteiger partial charge in [0.25, 0.3) is 0 Å². The number of halogens is 2. The van der Waals surface area contributed by atoms with Gasteiger partial charge >= 0.3 is 0 Å². The Labute approximate surface area is 171 Å². The summed E-state index contributed by atoms with van der Waals surface area (Å²) in [4.78, 5) is 28.3. The van der Waals surface area contributed by atoms with E-state index in [2.05, 4.69) is 20.2 Å². The van der Waals surface area contributed by atoms with E-state index in [1.165, 1.54) is 18.3 Å². The average molecular weight is 410 g/mol. The summed E-state index contributed by atoms with van der Waals surface area (Å²) in [6, 6.07) is 3.35. The standard InChI is InChI=1S/C21H20F2N6O/c1-2-21-7-3-4-9-29(21)18-16(26-19(21)30)12-25-20(27-18)28-10-8-24-17(28)14-6-5-13(22)11-15(14)23/h5-6,8,10-12H,2-4,7,9H2,1H3,(H,26,30). The van der Waals surface area contributed by atoms with Crippen molar-refractivity contribution in [2.75, 3.05) is 16.8 Å². The predicted molar refractivity (Wildman–Crippen MR) is 107 cm³/mol. The Morgan fingerprint density at radius 2 is 2.10 bits per heavy atom. The Kier molecular flexibility index (Phi) is 4.27. The second-order valence-corrected chi connectivity index (χ2v) is 7.60. The average Bonchev–Trinajstić information content (AvgIpc) is 3.23. The van der Waals surface area contributed by atoms with Crippen LogP contribution in [0.5, 0.6) is 0 Å². The van der Waals surface area contributed by atoms with Crippen molar-refractivity contribution in [3.05, 3.63) is 48.4 Å². The summed E-state index contributed by atoms with van der Waals surface area (Å²) in [6.07, 6.45) is 8.12. The van der Waals surface area contributed by atoms with Crippen LogP contribution in [0, 0.1) is 11.6 Å². The fourth-order valence-corrected chi connectivity index (χ4v) is 4.46. The number of hydrogen-bond donors (Lipinski definition) is 1. The highest BCUT2D eigenvalue weighted by atomic mass is 19.1. The fourth-order valence-electron chi connectivity index (χ4n) is 4.46. The smallest absolute Gasteiger partial charge is 0.250 e. The van der Waals surface area contributed by atoms with Gasteiger partial charge in [0.15, 0.2) is 5.82 Å². The van der Waals surface area contributed by atoms with Crippen LogP contribution in [0.2, 0.25) is 0 Å². The minimum Gasteiger partial charge on any atom is -0.340 e. The lowest BCUT2D eigenvalue weighted by Crippen LogP contribution is -2.62. The van der Waals surface area contributed by atoms with Gasteiger partial charge in [-0.3, -0.25) is 9.36 Å². The Morgan fingerprint density at radius 1 is 1.23 bits per heavy atom. The van der Waals surface area contributed by atoms with Crippen LogP contribution in [0.15, 0.2) is 36.8 Å². The lowest BCUT2D eigenvalue weighted by Gasteiger charge is -2.49. The van der Waals surface area contributed by atoms with Gasteiger partial charge in [0.1, 0.15) is 28.7 Å². The Morgan fingerprint density at radius 3 is 2.90 bits per heavy atom. The SMILES string of the molecule is CCC12CCCCN1c1nc(-n3ccnc3-c3ccc(F)cc3F)ncc1NC2=O. The number of amides is 1. The van der Waals surface area contributed by atoms with Crippen LogP contribution in [0.1, 0.15) is 32.6 Å². The normalized spacial score (nSPS) is 20.5. The molecule has 2 aliphatic heterocycles. The number of aromatic nitrogens is 4. The number of imidazole rings is 1. The summed E-state index contributed by atoms with van der Waals surface area (Å²) < 4.78 is 29.2. The van der Waals surface area contributed by atoms with Gasteiger partial charge in [0.05, 0.1) is 11.8 Å². The van der Waals surface area contributed by atoms with E-state index in [9.17, 15) is 13.6 Å². The molecule has 1 aromatic carbocycles. The molecular weight excluding hydrogens is 390 g/mol. The summed E-state index contributed by atoms with van der Waals surface area (Å²) in [6.45, 7) is 2.74. The number of nitrogens with zero attached hydrogens (tertiary/aromatic N) is 5. The molecule has 0 bridgehead atoms. The van der Waals surface area contributed by atoms with Gasteiger partial charge in [-0.05, 0) is 37.8 Å². The van der Waals surface area contributed by atoms with Gasteiger partial charge < -0.3 is 10.2 Å². The van der Waals surface area contributed by atoms with E-state index in [4.69, 9.17) is 4.98 Å². The van der Waals surface area contributed by atoms with Crippen molar-refractivity contribution in [2.24, 2.45) is 0 Å². The van der Waals surface area contributed by atoms with Crippen LogP contribution in [-0.2, 0) is 4.79 Å². The Hall–Kier alpha value is -3.36. The molecule has 1 unspecified atom stereocenters. The Balaban J connectivity index is 1.62. The molecule has 1 saturated heterocycles. The first-order valence-electron chi connectivity index (χ1n) is 9.99. The minimum atomic E-state index is -0.714. The first-order valence-corrected chi connectivity index (χ1v) is 9.99. The van der Waals surface area contributed by atoms with Gasteiger partial charge in [-0.2, -0.15) is 4.98 Å². The molecule has 5 rings (SSSR count). The minimum absolute atomic E-state index is 0.0229. The number of carbonyl (C=O) groups excluding carboxylic acids is 1. The topological polar surface area (TPSA) is 75.9 Å². The van der Waals surface area contributed by atoms with Crippen LogP contribution < -0.4 is 10.2 Å². The molecule has 2 aromatic heterocycles. The zero-order valence-electron chi connectivity index (χ0n) is 16.4. The van der Waals surface area contributed by atoms with Gasteiger partial charge in [-0.1, -0.05) is 6.92 Å². The van der Waals surface area contributed by atoms with Crippen LogP contribution in [0.25, 0.3) is 17.3 Å². The van der Waals surface area contributed by atoms with Crippen molar-refractivity contribution >= 4 is 17.4 Å². The van der Waals surface area contributed by atoms with Crippen LogP contribution in [-0.4, -0.2) is 37.5 Å². The number of benzene rings is 1. The predicted octanol–water partition coefficient (Wildman–Crippen LogP) is 3.70. The van der Waals surface area contributed by atoms with Gasteiger partial charge in [0.2, 0.25) is 11.9 Å². The van der Waals surface area contributed by atoms with Crippen molar-refractivity contribution in [1.82, 2.24) is 19.5 Å². The third-order valence-electron chi connectivity index (χ3n) is 6.03. The molecule has 3 aromatic rings. The van der Waals surface area contributed by atoms with Gasteiger partial charge in [-0.15, -0.1) is 0 Å². The van der Waals surface area contributed by atoms with Crippen LogP contribution in [0.4, 0.5) is 20.3 Å². The first kappa shape index (κ1) is 18.7. The number of nitrogens with one attached hydrogen (secondary N) is 1. The highest BCUT2D eigenvalue weighted by Crippen LogP contribution is 2.42. The van der Waals surface area contributed by atoms with E-state index in [1.807, 2.05) is 6.92 Å². The molecule has 2 aliphatic rings. The van der Waals surface area contributed by atoms with E-state index in [0.29, 0.717) is 23.9 Å². The molecule has 0 saturated carbocycles. The summed E-state index contributed by atoms with van der Waals surface area (Å²) >= 11 is 0. The molecular formula is C21H20F2N6O. The molecule has 1 N–H and O–H groups in total. The van der Waals surface area contributed by atoms with Gasteiger partial charge in [-0.25, -0.2) is 18.7 Å². The van der Waals surface area contributed by atoms with Crippen molar-refractivity contribution in [1.29, 1.82) is 0 Å². The van der Waals surface area contributed by atoms with E-state index < -0.39 is 17.2 Å². The molecule has 154 valence electrons. The van der Waals surface area contributed by atoms with E-state index >= 15 is 0 Å². The maximum absolute atomic E-state index is 14.4. The van der Waals surface area contributed by atoms with E-state index in [-0.39, 0.29) is 17.3 Å². The number of anilines is 2. The second-order valence-electron chi connectivity index (χ2n) is 7.60. The zero-order chi connectivity index (χ0) is 20.9. The van der Waals surface area contributed by atoms with Crippen molar-refractivity contribution in [2.45, 2.75) is 38.1 Å². The first-order chi connectivity index (χ1) is 14.5. The summed E-state index contributed by atoms with van der Waals surface area (Å²) in [7, 11) is 0. The molecule has 1 fully saturated rings. The van der Waals surface area contributed by atoms with Crippen molar-refractivity contribution in [3.8, 4) is 17.3 Å². The highest BCUT2D eigenvalue weighted by molar-refractivity contribution is 6.06. The number of rotatable bonds is 3.